The summed E-state index contributed by atoms with van der Waals surface area (Å²) in [5.41, 5.74) is 3.77. The number of nitrogens with zero attached hydrogens (tertiary/aromatic N) is 3. The SMILES string of the molecule is COC[C@@H]1CN(Cc2ccc(OC)cc2)Cc2ncn(C)c21. The molecule has 3 rings (SSSR count). The van der Waals surface area contributed by atoms with Gasteiger partial charge in [0.05, 0.1) is 25.7 Å². The van der Waals surface area contributed by atoms with Crippen LogP contribution in [0.2, 0.25) is 0 Å². The average molecular weight is 301 g/mol. The monoisotopic (exact) mass is 301 g/mol. The molecule has 118 valence electrons. The van der Waals surface area contributed by atoms with Crippen LogP contribution in [0.15, 0.2) is 30.6 Å². The first-order valence-corrected chi connectivity index (χ1v) is 7.55. The van der Waals surface area contributed by atoms with Crippen LogP contribution in [0.5, 0.6) is 5.75 Å². The van der Waals surface area contributed by atoms with Crippen molar-refractivity contribution in [3.8, 4) is 5.75 Å². The summed E-state index contributed by atoms with van der Waals surface area (Å²) in [6.45, 7) is 3.53. The topological polar surface area (TPSA) is 39.5 Å². The summed E-state index contributed by atoms with van der Waals surface area (Å²) in [7, 11) is 5.52. The van der Waals surface area contributed by atoms with Gasteiger partial charge in [-0.05, 0) is 17.7 Å². The highest BCUT2D eigenvalue weighted by Gasteiger charge is 2.28. The van der Waals surface area contributed by atoms with Gasteiger partial charge in [0.2, 0.25) is 0 Å². The number of methoxy groups -OCH3 is 2. The first-order valence-electron chi connectivity index (χ1n) is 7.55. The number of benzene rings is 1. The fourth-order valence-corrected chi connectivity index (χ4v) is 3.25. The van der Waals surface area contributed by atoms with Crippen LogP contribution in [0, 0.1) is 0 Å². The van der Waals surface area contributed by atoms with Gasteiger partial charge in [0, 0.05) is 45.4 Å². The molecule has 5 nitrogen and oxygen atoms in total. The second-order valence-corrected chi connectivity index (χ2v) is 5.86. The molecule has 0 bridgehead atoms. The molecular weight excluding hydrogens is 278 g/mol. The molecular formula is C17H23N3O2. The van der Waals surface area contributed by atoms with Crippen LogP contribution >= 0.6 is 0 Å². The van der Waals surface area contributed by atoms with Crippen molar-refractivity contribution in [1.82, 2.24) is 14.5 Å². The third-order valence-electron chi connectivity index (χ3n) is 4.23. The molecule has 22 heavy (non-hydrogen) atoms. The van der Waals surface area contributed by atoms with Gasteiger partial charge in [-0.1, -0.05) is 12.1 Å². The minimum Gasteiger partial charge on any atom is -0.497 e. The second-order valence-electron chi connectivity index (χ2n) is 5.86. The van der Waals surface area contributed by atoms with Crippen LogP contribution in [-0.4, -0.2) is 41.8 Å². The molecule has 0 fully saturated rings. The first kappa shape index (κ1) is 15.1. The Labute approximate surface area is 131 Å². The lowest BCUT2D eigenvalue weighted by atomic mass is 9.98. The predicted octanol–water partition coefficient (Wildman–Crippen LogP) is 2.17. The molecule has 0 N–H and O–H groups in total. The molecule has 0 saturated carbocycles. The molecule has 1 atom stereocenters. The van der Waals surface area contributed by atoms with Crippen molar-refractivity contribution in [2.75, 3.05) is 27.4 Å². The van der Waals surface area contributed by atoms with E-state index < -0.39 is 0 Å². The Morgan fingerprint density at radius 3 is 2.68 bits per heavy atom. The van der Waals surface area contributed by atoms with E-state index in [1.807, 2.05) is 18.5 Å². The zero-order valence-electron chi connectivity index (χ0n) is 13.5. The summed E-state index contributed by atoms with van der Waals surface area (Å²) in [4.78, 5) is 6.99. The van der Waals surface area contributed by atoms with E-state index in [2.05, 4.69) is 33.6 Å². The van der Waals surface area contributed by atoms with E-state index in [1.54, 1.807) is 14.2 Å². The van der Waals surface area contributed by atoms with Gasteiger partial charge >= 0.3 is 0 Å². The Morgan fingerprint density at radius 2 is 2.00 bits per heavy atom. The Bertz CT molecular complexity index is 621. The Morgan fingerprint density at radius 1 is 1.23 bits per heavy atom. The maximum absolute atomic E-state index is 5.41. The van der Waals surface area contributed by atoms with Gasteiger partial charge in [-0.25, -0.2) is 4.98 Å². The van der Waals surface area contributed by atoms with E-state index in [0.717, 1.165) is 32.0 Å². The number of hydrogen-bond donors (Lipinski definition) is 0. The number of aryl methyl sites for hydroxylation is 1. The molecule has 1 aromatic carbocycles. The first-order chi connectivity index (χ1) is 10.7. The predicted molar refractivity (Wildman–Crippen MR) is 84.9 cm³/mol. The average Bonchev–Trinajstić information content (AvgIpc) is 2.90. The highest BCUT2D eigenvalue weighted by Crippen LogP contribution is 2.28. The van der Waals surface area contributed by atoms with Crippen molar-refractivity contribution in [3.05, 3.63) is 47.5 Å². The molecule has 0 amide bonds. The third kappa shape index (κ3) is 3.00. The minimum absolute atomic E-state index is 0.375. The van der Waals surface area contributed by atoms with Crippen LogP contribution < -0.4 is 4.74 Å². The lowest BCUT2D eigenvalue weighted by Crippen LogP contribution is -2.35. The molecule has 0 spiro atoms. The smallest absolute Gasteiger partial charge is 0.118 e. The van der Waals surface area contributed by atoms with Gasteiger partial charge in [0.25, 0.3) is 0 Å². The van der Waals surface area contributed by atoms with E-state index in [0.29, 0.717) is 5.92 Å². The zero-order chi connectivity index (χ0) is 15.5. The van der Waals surface area contributed by atoms with Crippen molar-refractivity contribution in [1.29, 1.82) is 0 Å². The van der Waals surface area contributed by atoms with Crippen molar-refractivity contribution in [2.24, 2.45) is 7.05 Å². The second kappa shape index (κ2) is 6.50. The quantitative estimate of drug-likeness (QED) is 0.848. The highest BCUT2D eigenvalue weighted by atomic mass is 16.5. The van der Waals surface area contributed by atoms with Crippen LogP contribution in [0.1, 0.15) is 22.9 Å². The normalized spacial score (nSPS) is 18.2. The summed E-state index contributed by atoms with van der Waals surface area (Å²) in [5.74, 6) is 1.27. The summed E-state index contributed by atoms with van der Waals surface area (Å²) in [6.07, 6.45) is 1.91. The molecule has 1 aliphatic rings. The molecule has 1 aliphatic heterocycles. The van der Waals surface area contributed by atoms with Gasteiger partial charge in [-0.3, -0.25) is 4.90 Å². The van der Waals surface area contributed by atoms with Gasteiger partial charge in [0.1, 0.15) is 5.75 Å². The van der Waals surface area contributed by atoms with E-state index in [9.17, 15) is 0 Å². The van der Waals surface area contributed by atoms with Crippen molar-refractivity contribution in [2.45, 2.75) is 19.0 Å². The van der Waals surface area contributed by atoms with E-state index >= 15 is 0 Å². The number of ether oxygens (including phenoxy) is 2. The maximum atomic E-state index is 5.41. The largest absolute Gasteiger partial charge is 0.497 e. The minimum atomic E-state index is 0.375. The lowest BCUT2D eigenvalue weighted by Gasteiger charge is -2.32. The number of aromatic nitrogens is 2. The molecule has 0 unspecified atom stereocenters. The van der Waals surface area contributed by atoms with Gasteiger partial charge in [-0.2, -0.15) is 0 Å². The van der Waals surface area contributed by atoms with Gasteiger partial charge in [-0.15, -0.1) is 0 Å². The molecule has 0 aliphatic carbocycles. The van der Waals surface area contributed by atoms with Crippen molar-refractivity contribution < 1.29 is 9.47 Å². The Hall–Kier alpha value is -1.85. The van der Waals surface area contributed by atoms with Crippen LogP contribution in [0.4, 0.5) is 0 Å². The number of imidazole rings is 1. The number of rotatable bonds is 5. The van der Waals surface area contributed by atoms with E-state index in [-0.39, 0.29) is 0 Å². The molecule has 1 aromatic heterocycles. The maximum Gasteiger partial charge on any atom is 0.118 e. The van der Waals surface area contributed by atoms with E-state index in [1.165, 1.54) is 17.0 Å². The van der Waals surface area contributed by atoms with Gasteiger partial charge < -0.3 is 14.0 Å². The Balaban J connectivity index is 1.75. The van der Waals surface area contributed by atoms with Crippen LogP contribution in [0.25, 0.3) is 0 Å². The molecule has 0 saturated heterocycles. The molecule has 0 radical (unpaired) electrons. The summed E-state index contributed by atoms with van der Waals surface area (Å²) >= 11 is 0. The highest BCUT2D eigenvalue weighted by molar-refractivity contribution is 5.28. The molecule has 2 aromatic rings. The van der Waals surface area contributed by atoms with Gasteiger partial charge in [0.15, 0.2) is 0 Å². The summed E-state index contributed by atoms with van der Waals surface area (Å²) in [6, 6.07) is 8.27. The van der Waals surface area contributed by atoms with E-state index in [4.69, 9.17) is 9.47 Å². The fourth-order valence-electron chi connectivity index (χ4n) is 3.25. The summed E-state index contributed by atoms with van der Waals surface area (Å²) in [5, 5.41) is 0. The van der Waals surface area contributed by atoms with Crippen LogP contribution in [0.3, 0.4) is 0 Å². The molecule has 2 heterocycles. The standard InChI is InChI=1S/C17H23N3O2/c1-19-12-18-16-10-20(9-14(11-21-2)17(16)19)8-13-4-6-15(22-3)7-5-13/h4-7,12,14H,8-11H2,1-3H3/t14-/m0/s1. The summed E-state index contributed by atoms with van der Waals surface area (Å²) < 4.78 is 12.8. The number of hydrogen-bond acceptors (Lipinski definition) is 4. The lowest BCUT2D eigenvalue weighted by molar-refractivity contribution is 0.132. The van der Waals surface area contributed by atoms with Crippen molar-refractivity contribution in [3.63, 3.8) is 0 Å². The van der Waals surface area contributed by atoms with Crippen LogP contribution in [-0.2, 0) is 24.9 Å². The third-order valence-corrected chi connectivity index (χ3v) is 4.23. The molecule has 5 heteroatoms. The number of fused-ring (bicyclic) bond motifs is 1. The van der Waals surface area contributed by atoms with Crippen molar-refractivity contribution >= 4 is 0 Å². The Kier molecular flexibility index (Phi) is 4.45. The fraction of sp³-hybridized carbons (Fsp3) is 0.471. The zero-order valence-corrected chi connectivity index (χ0v) is 13.5.